The Balaban J connectivity index is 2.23. The molecule has 1 aliphatic rings. The molecule has 1 aromatic carbocycles. The van der Waals surface area contributed by atoms with Crippen molar-refractivity contribution in [2.45, 2.75) is 19.8 Å². The van der Waals surface area contributed by atoms with E-state index in [1.165, 1.54) is 32.3 Å². The van der Waals surface area contributed by atoms with E-state index in [0.717, 1.165) is 0 Å². The van der Waals surface area contributed by atoms with Gasteiger partial charge in [-0.15, -0.1) is 0 Å². The van der Waals surface area contributed by atoms with Crippen molar-refractivity contribution in [2.24, 2.45) is 0 Å². The molecular weight excluding hydrogens is 163 g/mol. The Kier molecular flexibility index (Phi) is 2.28. The van der Waals surface area contributed by atoms with Crippen molar-refractivity contribution in [3.8, 4) is 0 Å². The van der Waals surface area contributed by atoms with Gasteiger partial charge in [-0.3, -0.25) is 0 Å². The van der Waals surface area contributed by atoms with Gasteiger partial charge in [-0.25, -0.2) is 0 Å². The number of hydrogen-bond donors (Lipinski definition) is 0. The molecule has 1 heterocycles. The fourth-order valence-corrected chi connectivity index (χ4v) is 2.74. The molecule has 0 amide bonds. The number of rotatable bonds is 2. The fraction of sp³-hybridized carbons (Fsp3) is 0.273. The summed E-state index contributed by atoms with van der Waals surface area (Å²) in [4.78, 5) is 0. The first-order valence-corrected chi connectivity index (χ1v) is 5.31. The molecule has 0 bridgehead atoms. The monoisotopic (exact) mass is 175 g/mol. The first-order chi connectivity index (χ1) is 5.90. The van der Waals surface area contributed by atoms with E-state index in [1.54, 1.807) is 5.31 Å². The molecule has 0 saturated heterocycles. The average molecular weight is 175 g/mol. The predicted molar refractivity (Wildman–Crippen MR) is 55.9 cm³/mol. The molecule has 1 aromatic rings. The lowest BCUT2D eigenvalue weighted by Crippen LogP contribution is -1.92. The van der Waals surface area contributed by atoms with E-state index < -0.39 is 0 Å². The van der Waals surface area contributed by atoms with Gasteiger partial charge < -0.3 is 0 Å². The van der Waals surface area contributed by atoms with Gasteiger partial charge in [-0.1, -0.05) is 37.6 Å². The maximum absolute atomic E-state index is 2.33. The van der Waals surface area contributed by atoms with Crippen LogP contribution in [0.4, 0.5) is 0 Å². The Morgan fingerprint density at radius 1 is 1.25 bits per heavy atom. The predicted octanol–water partition coefficient (Wildman–Crippen LogP) is 3.41. The smallest absolute Gasteiger partial charge is 0.00769 e. The van der Waals surface area contributed by atoms with Crippen LogP contribution in [0.2, 0.25) is 0 Å². The van der Waals surface area contributed by atoms with Crippen LogP contribution in [0.15, 0.2) is 29.6 Å². The molecule has 12 heavy (non-hydrogen) atoms. The van der Waals surface area contributed by atoms with E-state index >= 15 is 0 Å². The van der Waals surface area contributed by atoms with Crippen molar-refractivity contribution in [2.75, 3.05) is 0 Å². The summed E-state index contributed by atoms with van der Waals surface area (Å²) >= 11 is 0. The zero-order valence-electron chi connectivity index (χ0n) is 7.25. The van der Waals surface area contributed by atoms with Crippen LogP contribution in [0.1, 0.15) is 25.3 Å². The fourth-order valence-electron chi connectivity index (χ4n) is 1.46. The molecule has 1 heteroatoms. The summed E-state index contributed by atoms with van der Waals surface area (Å²) < 4.78 is 0. The molecule has 0 N–H and O–H groups in total. The second-order valence-corrected chi connectivity index (χ2v) is 4.34. The summed E-state index contributed by atoms with van der Waals surface area (Å²) in [5, 5.41) is 3.04. The highest BCUT2D eigenvalue weighted by Gasteiger charge is 2.10. The maximum atomic E-state index is 2.33. The van der Waals surface area contributed by atoms with E-state index in [2.05, 4.69) is 37.3 Å². The number of fused-ring (bicyclic) bond motifs is 1. The summed E-state index contributed by atoms with van der Waals surface area (Å²) in [6.45, 7) is 2.24. The van der Waals surface area contributed by atoms with Crippen LogP contribution in [0, 0.1) is 0 Å². The summed E-state index contributed by atoms with van der Waals surface area (Å²) in [5.41, 5.74) is 1.42. The second-order valence-electron chi connectivity index (χ2n) is 3.06. The molecule has 0 unspecified atom stereocenters. The largest absolute Gasteiger partial charge is 0.0651 e. The molecule has 0 atom stereocenters. The highest BCUT2D eigenvalue weighted by Crippen LogP contribution is 2.35. The van der Waals surface area contributed by atoms with Gasteiger partial charge in [-0.05, 0) is 37.3 Å². The SMILES string of the molecule is CCCC1=Cc2ccccc2[P]1. The lowest BCUT2D eigenvalue weighted by Gasteiger charge is -1.96. The standard InChI is InChI=1S/C11H12P/c1-2-5-10-8-9-6-3-4-7-11(9)12-10/h3-4,6-8H,2,5H2,1H3. The number of benzene rings is 1. The van der Waals surface area contributed by atoms with Crippen LogP contribution < -0.4 is 5.30 Å². The van der Waals surface area contributed by atoms with Crippen molar-refractivity contribution < 1.29 is 0 Å². The third-order valence-electron chi connectivity index (χ3n) is 2.03. The zero-order valence-corrected chi connectivity index (χ0v) is 8.14. The summed E-state index contributed by atoms with van der Waals surface area (Å²) in [6.07, 6.45) is 4.84. The molecule has 0 spiro atoms. The Labute approximate surface area is 75.5 Å². The van der Waals surface area contributed by atoms with Crippen molar-refractivity contribution in [3.05, 3.63) is 35.1 Å². The normalized spacial score (nSPS) is 16.2. The Hall–Kier alpha value is -0.610. The van der Waals surface area contributed by atoms with Crippen LogP contribution in [0.25, 0.3) is 6.08 Å². The lowest BCUT2D eigenvalue weighted by molar-refractivity contribution is 0.952. The molecule has 1 aliphatic heterocycles. The third kappa shape index (κ3) is 1.44. The quantitative estimate of drug-likeness (QED) is 0.604. The van der Waals surface area contributed by atoms with Crippen LogP contribution in [0.3, 0.4) is 0 Å². The second kappa shape index (κ2) is 3.41. The molecular formula is C11H12P. The van der Waals surface area contributed by atoms with Crippen molar-refractivity contribution >= 4 is 20.0 Å². The first kappa shape index (κ1) is 8.01. The van der Waals surface area contributed by atoms with Gasteiger partial charge in [0.1, 0.15) is 0 Å². The molecule has 0 aromatic heterocycles. The van der Waals surface area contributed by atoms with Gasteiger partial charge >= 0.3 is 0 Å². The van der Waals surface area contributed by atoms with E-state index in [-0.39, 0.29) is 0 Å². The van der Waals surface area contributed by atoms with Crippen molar-refractivity contribution in [1.29, 1.82) is 0 Å². The van der Waals surface area contributed by atoms with Crippen molar-refractivity contribution in [1.82, 2.24) is 0 Å². The van der Waals surface area contributed by atoms with Gasteiger partial charge in [0.2, 0.25) is 0 Å². The molecule has 61 valence electrons. The van der Waals surface area contributed by atoms with Gasteiger partial charge in [0, 0.05) is 0 Å². The lowest BCUT2D eigenvalue weighted by atomic mass is 10.2. The summed E-state index contributed by atoms with van der Waals surface area (Å²) in [7, 11) is 1.43. The Morgan fingerprint density at radius 3 is 2.83 bits per heavy atom. The van der Waals surface area contributed by atoms with Crippen LogP contribution in [0.5, 0.6) is 0 Å². The highest BCUT2D eigenvalue weighted by atomic mass is 31.1. The van der Waals surface area contributed by atoms with Crippen LogP contribution in [-0.2, 0) is 0 Å². The molecule has 0 fully saturated rings. The Morgan fingerprint density at radius 2 is 2.08 bits per heavy atom. The minimum absolute atomic E-state index is 1.25. The molecule has 0 aliphatic carbocycles. The first-order valence-electron chi connectivity index (χ1n) is 4.41. The third-order valence-corrected chi connectivity index (χ3v) is 3.32. The van der Waals surface area contributed by atoms with E-state index in [9.17, 15) is 0 Å². The number of allylic oxidation sites excluding steroid dienone is 1. The maximum Gasteiger partial charge on any atom is -0.00769 e. The topological polar surface area (TPSA) is 0 Å². The van der Waals surface area contributed by atoms with E-state index in [4.69, 9.17) is 0 Å². The van der Waals surface area contributed by atoms with Gasteiger partial charge in [0.15, 0.2) is 0 Å². The number of hydrogen-bond acceptors (Lipinski definition) is 0. The Bertz CT molecular complexity index is 313. The zero-order chi connectivity index (χ0) is 8.39. The van der Waals surface area contributed by atoms with E-state index in [1.807, 2.05) is 0 Å². The summed E-state index contributed by atoms with van der Waals surface area (Å²) in [5.74, 6) is 0. The van der Waals surface area contributed by atoms with E-state index in [0.29, 0.717) is 0 Å². The minimum Gasteiger partial charge on any atom is -0.0651 e. The molecule has 2 rings (SSSR count). The van der Waals surface area contributed by atoms with Gasteiger partial charge in [0.05, 0.1) is 0 Å². The van der Waals surface area contributed by atoms with Crippen molar-refractivity contribution in [3.63, 3.8) is 0 Å². The van der Waals surface area contributed by atoms with Crippen LogP contribution in [-0.4, -0.2) is 0 Å². The average Bonchev–Trinajstić information content (AvgIpc) is 2.47. The van der Waals surface area contributed by atoms with Gasteiger partial charge in [0.25, 0.3) is 0 Å². The van der Waals surface area contributed by atoms with Gasteiger partial charge in [-0.2, -0.15) is 0 Å². The highest BCUT2D eigenvalue weighted by molar-refractivity contribution is 7.53. The molecule has 1 radical (unpaired) electrons. The molecule has 0 nitrogen and oxygen atoms in total. The molecule has 0 saturated carbocycles. The summed E-state index contributed by atoms with van der Waals surface area (Å²) in [6, 6.07) is 8.65. The van der Waals surface area contributed by atoms with Crippen LogP contribution >= 0.6 is 8.58 Å². The minimum atomic E-state index is 1.25.